The summed E-state index contributed by atoms with van der Waals surface area (Å²) >= 11 is 0. The summed E-state index contributed by atoms with van der Waals surface area (Å²) < 4.78 is 51.5. The van der Waals surface area contributed by atoms with Crippen molar-refractivity contribution in [3.63, 3.8) is 0 Å². The van der Waals surface area contributed by atoms with Crippen LogP contribution in [0.4, 0.5) is 14.6 Å². The third-order valence-corrected chi connectivity index (χ3v) is 3.54. The third kappa shape index (κ3) is 2.53. The van der Waals surface area contributed by atoms with Crippen LogP contribution in [0.1, 0.15) is 5.56 Å². The molecule has 0 bridgehead atoms. The molecule has 1 aromatic heterocycles. The predicted molar refractivity (Wildman–Crippen MR) is 60.5 cm³/mol. The van der Waals surface area contributed by atoms with Crippen LogP contribution in [0.2, 0.25) is 0 Å². The average molecular weight is 284 g/mol. The third-order valence-electron chi connectivity index (χ3n) is 2.20. The first kappa shape index (κ1) is 13.0. The summed E-state index contributed by atoms with van der Waals surface area (Å²) in [5, 5.41) is 14.5. The van der Waals surface area contributed by atoms with E-state index in [1.54, 1.807) is 6.07 Å². The van der Waals surface area contributed by atoms with Gasteiger partial charge in [-0.2, -0.15) is 10.4 Å². The monoisotopic (exact) mass is 284 g/mol. The minimum Gasteiger partial charge on any atom is -0.263 e. The number of hydrogen-bond acceptors (Lipinski definition) is 4. The van der Waals surface area contributed by atoms with E-state index >= 15 is 0 Å². The average Bonchev–Trinajstić information content (AvgIpc) is 2.79. The Morgan fingerprint density at radius 1 is 1.32 bits per heavy atom. The lowest BCUT2D eigenvalue weighted by atomic mass is 10.3. The number of aromatic nitrogens is 2. The van der Waals surface area contributed by atoms with Crippen LogP contribution in [0.15, 0.2) is 29.3 Å². The topological polar surface area (TPSA) is 98.6 Å². The molecule has 0 aliphatic rings. The molecular weight excluding hydrogens is 278 g/mol. The molecule has 6 nitrogen and oxygen atoms in total. The summed E-state index contributed by atoms with van der Waals surface area (Å²) in [6, 6.07) is 3.86. The van der Waals surface area contributed by atoms with Crippen LogP contribution < -0.4 is 4.72 Å². The van der Waals surface area contributed by atoms with Gasteiger partial charge in [0, 0.05) is 0 Å². The maximum atomic E-state index is 13.0. The number of hydrogen-bond donors (Lipinski definition) is 2. The number of aromatic amines is 1. The van der Waals surface area contributed by atoms with Crippen LogP contribution in [0.3, 0.4) is 0 Å². The molecule has 0 saturated heterocycles. The summed E-state index contributed by atoms with van der Waals surface area (Å²) in [6.45, 7) is 0. The first-order valence-corrected chi connectivity index (χ1v) is 6.33. The molecule has 19 heavy (non-hydrogen) atoms. The fourth-order valence-corrected chi connectivity index (χ4v) is 2.33. The molecule has 0 spiro atoms. The summed E-state index contributed by atoms with van der Waals surface area (Å²) in [4.78, 5) is -0.468. The van der Waals surface area contributed by atoms with Gasteiger partial charge in [0.25, 0.3) is 10.0 Å². The van der Waals surface area contributed by atoms with Crippen molar-refractivity contribution in [3.05, 3.63) is 41.6 Å². The van der Waals surface area contributed by atoms with Gasteiger partial charge in [-0.25, -0.2) is 17.2 Å². The van der Waals surface area contributed by atoms with Gasteiger partial charge in [-0.05, 0) is 18.2 Å². The van der Waals surface area contributed by atoms with Crippen LogP contribution in [-0.2, 0) is 10.0 Å². The molecule has 9 heteroatoms. The SMILES string of the molecule is N#Cc1cn[nH]c1NS(=O)(=O)c1ccc(F)c(F)c1. The zero-order valence-electron chi connectivity index (χ0n) is 9.18. The lowest BCUT2D eigenvalue weighted by Gasteiger charge is -2.06. The molecule has 0 amide bonds. The molecule has 0 atom stereocenters. The van der Waals surface area contributed by atoms with Crippen LogP contribution in [0.25, 0.3) is 0 Å². The molecule has 0 radical (unpaired) electrons. The standard InChI is InChI=1S/C10H6F2N4O2S/c11-8-2-1-7(3-9(8)12)19(17,18)16-10-6(4-13)5-14-15-10/h1-3,5H,(H2,14,15,16). The number of benzene rings is 1. The molecule has 0 unspecified atom stereocenters. The highest BCUT2D eigenvalue weighted by Gasteiger charge is 2.19. The molecule has 2 aromatic rings. The van der Waals surface area contributed by atoms with Crippen LogP contribution in [0.5, 0.6) is 0 Å². The number of anilines is 1. The first-order valence-electron chi connectivity index (χ1n) is 4.85. The van der Waals surface area contributed by atoms with Gasteiger partial charge in [0.05, 0.1) is 11.1 Å². The van der Waals surface area contributed by atoms with Gasteiger partial charge in [-0.1, -0.05) is 0 Å². The van der Waals surface area contributed by atoms with Gasteiger partial charge >= 0.3 is 0 Å². The van der Waals surface area contributed by atoms with Crippen LogP contribution in [-0.4, -0.2) is 18.6 Å². The Hall–Kier alpha value is -2.47. The lowest BCUT2D eigenvalue weighted by Crippen LogP contribution is -2.14. The zero-order valence-corrected chi connectivity index (χ0v) is 10.0. The van der Waals surface area contributed by atoms with Crippen molar-refractivity contribution in [1.29, 1.82) is 5.26 Å². The summed E-state index contributed by atoms with van der Waals surface area (Å²) in [5.41, 5.74) is -0.0221. The van der Waals surface area contributed by atoms with E-state index in [9.17, 15) is 17.2 Å². The molecule has 2 rings (SSSR count). The number of nitrogens with zero attached hydrogens (tertiary/aromatic N) is 2. The van der Waals surface area contributed by atoms with Crippen molar-refractivity contribution < 1.29 is 17.2 Å². The van der Waals surface area contributed by atoms with Gasteiger partial charge in [0.2, 0.25) is 0 Å². The fraction of sp³-hybridized carbons (Fsp3) is 0. The van der Waals surface area contributed by atoms with Gasteiger partial charge in [-0.15, -0.1) is 0 Å². The maximum Gasteiger partial charge on any atom is 0.263 e. The molecule has 0 fully saturated rings. The number of nitriles is 1. The number of sulfonamides is 1. The van der Waals surface area contributed by atoms with Gasteiger partial charge in [-0.3, -0.25) is 9.82 Å². The Labute approximate surface area is 106 Å². The fourth-order valence-electron chi connectivity index (χ4n) is 1.29. The summed E-state index contributed by atoms with van der Waals surface area (Å²) in [5.74, 6) is -2.58. The van der Waals surface area contributed by atoms with E-state index in [2.05, 4.69) is 10.2 Å². The van der Waals surface area contributed by atoms with Gasteiger partial charge < -0.3 is 0 Å². The molecule has 98 valence electrons. The van der Waals surface area contributed by atoms with Gasteiger partial charge in [0.1, 0.15) is 11.6 Å². The molecule has 0 aliphatic heterocycles. The van der Waals surface area contributed by atoms with Crippen molar-refractivity contribution in [2.45, 2.75) is 4.90 Å². The zero-order chi connectivity index (χ0) is 14.0. The highest BCUT2D eigenvalue weighted by Crippen LogP contribution is 2.18. The van der Waals surface area contributed by atoms with E-state index in [0.717, 1.165) is 12.3 Å². The minimum atomic E-state index is -4.13. The second-order valence-electron chi connectivity index (χ2n) is 3.45. The minimum absolute atomic E-state index is 0.0221. The second kappa shape index (κ2) is 4.66. The predicted octanol–water partition coefficient (Wildman–Crippen LogP) is 1.36. The normalized spacial score (nSPS) is 11.0. The van der Waals surface area contributed by atoms with Crippen LogP contribution in [0, 0.1) is 23.0 Å². The van der Waals surface area contributed by atoms with E-state index in [4.69, 9.17) is 5.26 Å². The lowest BCUT2D eigenvalue weighted by molar-refractivity contribution is 0.504. The maximum absolute atomic E-state index is 13.0. The van der Waals surface area contributed by atoms with Crippen molar-refractivity contribution >= 4 is 15.8 Å². The Morgan fingerprint density at radius 2 is 2.05 bits per heavy atom. The highest BCUT2D eigenvalue weighted by molar-refractivity contribution is 7.92. The molecule has 2 N–H and O–H groups in total. The Morgan fingerprint density at radius 3 is 2.68 bits per heavy atom. The summed E-state index contributed by atoms with van der Waals surface area (Å²) in [7, 11) is -4.13. The van der Waals surface area contributed by atoms with E-state index in [1.165, 1.54) is 0 Å². The highest BCUT2D eigenvalue weighted by atomic mass is 32.2. The van der Waals surface area contributed by atoms with E-state index < -0.39 is 26.6 Å². The molecule has 0 saturated carbocycles. The Kier molecular flexibility index (Phi) is 3.18. The largest absolute Gasteiger partial charge is 0.263 e. The van der Waals surface area contributed by atoms with E-state index in [1.807, 2.05) is 4.72 Å². The second-order valence-corrected chi connectivity index (χ2v) is 5.13. The van der Waals surface area contributed by atoms with E-state index in [-0.39, 0.29) is 11.4 Å². The number of rotatable bonds is 3. The number of nitrogens with one attached hydrogen (secondary N) is 2. The molecule has 1 heterocycles. The summed E-state index contributed by atoms with van der Waals surface area (Å²) in [6.07, 6.45) is 1.13. The first-order chi connectivity index (χ1) is 8.94. The van der Waals surface area contributed by atoms with E-state index in [0.29, 0.717) is 12.1 Å². The van der Waals surface area contributed by atoms with Crippen molar-refractivity contribution in [1.82, 2.24) is 10.2 Å². The number of halogens is 2. The molecular formula is C10H6F2N4O2S. The Bertz CT molecular complexity index is 764. The van der Waals surface area contributed by atoms with Crippen LogP contribution >= 0.6 is 0 Å². The van der Waals surface area contributed by atoms with Crippen molar-refractivity contribution in [3.8, 4) is 6.07 Å². The van der Waals surface area contributed by atoms with Crippen molar-refractivity contribution in [2.24, 2.45) is 0 Å². The smallest absolute Gasteiger partial charge is 0.263 e. The Balaban J connectivity index is 2.38. The molecule has 0 aliphatic carbocycles. The molecule has 1 aromatic carbocycles. The number of H-pyrrole nitrogens is 1. The van der Waals surface area contributed by atoms with Gasteiger partial charge in [0.15, 0.2) is 17.5 Å². The van der Waals surface area contributed by atoms with Crippen molar-refractivity contribution in [2.75, 3.05) is 4.72 Å². The quantitative estimate of drug-likeness (QED) is 0.889.